The van der Waals surface area contributed by atoms with Crippen molar-refractivity contribution in [1.82, 2.24) is 10.2 Å². The molecule has 0 aliphatic carbocycles. The fraction of sp³-hybridized carbons (Fsp3) is 0.759. The van der Waals surface area contributed by atoms with Gasteiger partial charge in [-0.15, -0.1) is 0 Å². The predicted molar refractivity (Wildman–Crippen MR) is 262 cm³/mol. The van der Waals surface area contributed by atoms with Gasteiger partial charge in [-0.2, -0.15) is 43.9 Å². The first-order valence-electron chi connectivity index (χ1n) is 26.7. The molecular weight excluding hydrogens is 995 g/mol. The molecule has 1 saturated heterocycles. The number of ether oxygens (including phenoxy) is 5. The molecule has 1 aliphatic rings. The molecule has 0 bridgehead atoms. The van der Waals surface area contributed by atoms with Crippen molar-refractivity contribution in [3.8, 4) is 0 Å². The van der Waals surface area contributed by atoms with Gasteiger partial charge in [0.2, 0.25) is 0 Å². The van der Waals surface area contributed by atoms with Gasteiger partial charge < -0.3 is 33.9 Å². The van der Waals surface area contributed by atoms with E-state index >= 15 is 0 Å². The Morgan fingerprint density at radius 3 is 1.53 bits per heavy atom. The molecule has 2 rings (SSSR count). The molecule has 1 amide bonds. The Morgan fingerprint density at radius 1 is 0.568 bits per heavy atom. The molecule has 0 atom stereocenters. The highest BCUT2D eigenvalue weighted by atomic mass is 19.4. The number of likely N-dealkylation sites (tertiary alicyclic amines) is 1. The number of hydrogen-bond acceptors (Lipinski definition) is 9. The summed E-state index contributed by atoms with van der Waals surface area (Å²) in [5, 5.41) is 2.75. The van der Waals surface area contributed by atoms with Crippen LogP contribution in [0.25, 0.3) is 0 Å². The molecule has 0 saturated carbocycles. The smallest absolute Gasteiger partial charge is 0.453 e. The standard InChI is InChI=1S/C54H82F10N2O8/c1-2-3-4-5-6-7-8-9-10-11-12-13-14-15-20-27-47(67)72-41-44-38-45(40-46(39-44)43-74-50(69)65-32-35-66-33-23-24-34-66)42-73-48(68)28-29-49(70-36-25-18-16-21-30-51(55,56)53(59,60)61)71-37-26-19-17-22-31-52(57,58)54(62,63)64/h6-7,9-10,38-40,49H,2-5,8,11-37,41-43H2,1H3,(H,65,69)/b7-6-,10-9-. The number of amides is 1. The highest BCUT2D eigenvalue weighted by Crippen LogP contribution is 2.40. The number of rotatable bonds is 42. The number of unbranched alkanes of at least 4 members (excludes halogenated alkanes) is 14. The van der Waals surface area contributed by atoms with Crippen molar-refractivity contribution in [3.05, 3.63) is 59.2 Å². The first kappa shape index (κ1) is 66.2. The lowest BCUT2D eigenvalue weighted by atomic mass is 10.1. The molecule has 1 heterocycles. The molecule has 1 N–H and O–H groups in total. The highest BCUT2D eigenvalue weighted by Gasteiger charge is 2.57. The van der Waals surface area contributed by atoms with E-state index in [1.807, 2.05) is 0 Å². The average Bonchev–Trinajstić information content (AvgIpc) is 3.87. The molecule has 1 fully saturated rings. The van der Waals surface area contributed by atoms with E-state index in [1.54, 1.807) is 18.2 Å². The van der Waals surface area contributed by atoms with Crippen LogP contribution >= 0.6 is 0 Å². The summed E-state index contributed by atoms with van der Waals surface area (Å²) < 4.78 is 156. The Kier molecular flexibility index (Phi) is 33.8. The quantitative estimate of drug-likeness (QED) is 0.0171. The second-order valence-electron chi connectivity index (χ2n) is 19.0. The van der Waals surface area contributed by atoms with Gasteiger partial charge in [0.05, 0.1) is 6.42 Å². The van der Waals surface area contributed by atoms with Crippen molar-refractivity contribution in [2.24, 2.45) is 0 Å². The van der Waals surface area contributed by atoms with E-state index < -0.39 is 55.4 Å². The third-order valence-electron chi connectivity index (χ3n) is 12.3. The van der Waals surface area contributed by atoms with E-state index in [2.05, 4.69) is 41.4 Å². The number of benzene rings is 1. The summed E-state index contributed by atoms with van der Waals surface area (Å²) in [4.78, 5) is 40.5. The fourth-order valence-electron chi connectivity index (χ4n) is 7.93. The van der Waals surface area contributed by atoms with E-state index in [1.165, 1.54) is 19.3 Å². The van der Waals surface area contributed by atoms with Crippen LogP contribution in [-0.2, 0) is 53.1 Å². The number of nitrogens with zero attached hydrogens (tertiary/aromatic N) is 1. The van der Waals surface area contributed by atoms with Crippen molar-refractivity contribution in [2.75, 3.05) is 39.4 Å². The van der Waals surface area contributed by atoms with E-state index in [-0.39, 0.29) is 110 Å². The van der Waals surface area contributed by atoms with Gasteiger partial charge in [0.25, 0.3) is 0 Å². The van der Waals surface area contributed by atoms with Gasteiger partial charge in [0.15, 0.2) is 6.29 Å². The largest absolute Gasteiger partial charge is 0.461 e. The van der Waals surface area contributed by atoms with Crippen molar-refractivity contribution in [3.63, 3.8) is 0 Å². The summed E-state index contributed by atoms with van der Waals surface area (Å²) in [6.07, 6.45) is 7.55. The molecule has 20 heteroatoms. The van der Waals surface area contributed by atoms with Crippen LogP contribution in [0.15, 0.2) is 42.5 Å². The maximum atomic E-state index is 13.3. The lowest BCUT2D eigenvalue weighted by molar-refractivity contribution is -0.284. The Balaban J connectivity index is 1.93. The molecule has 10 nitrogen and oxygen atoms in total. The molecule has 1 aliphatic heterocycles. The number of halogens is 10. The van der Waals surface area contributed by atoms with Gasteiger partial charge in [-0.3, -0.25) is 9.59 Å². The molecule has 74 heavy (non-hydrogen) atoms. The zero-order chi connectivity index (χ0) is 54.6. The molecule has 0 spiro atoms. The van der Waals surface area contributed by atoms with Crippen LogP contribution < -0.4 is 5.32 Å². The Hall–Kier alpha value is -3.91. The SMILES string of the molecule is CCCCC/C=C\C/C=C\CCCCCCCC(=O)OCc1cc(COC(=O)CCC(OCCCCCCC(F)(F)C(F)(F)F)OCCCCCCC(F)(F)C(F)(F)F)cc(COC(=O)NCCN2CCCC2)c1. The predicted octanol–water partition coefficient (Wildman–Crippen LogP) is 15.3. The lowest BCUT2D eigenvalue weighted by Gasteiger charge is -2.20. The van der Waals surface area contributed by atoms with E-state index in [0.29, 0.717) is 36.2 Å². The molecule has 1 aromatic carbocycles. The topological polar surface area (TPSA) is 113 Å². The van der Waals surface area contributed by atoms with E-state index in [4.69, 9.17) is 23.7 Å². The number of nitrogens with one attached hydrogen (secondary N) is 1. The van der Waals surface area contributed by atoms with Gasteiger partial charge >= 0.3 is 42.2 Å². The van der Waals surface area contributed by atoms with Gasteiger partial charge in [-0.1, -0.05) is 89.0 Å². The maximum absolute atomic E-state index is 13.3. The summed E-state index contributed by atoms with van der Waals surface area (Å²) in [7, 11) is 0. The molecular formula is C54H82F10N2O8. The van der Waals surface area contributed by atoms with Crippen LogP contribution in [0, 0.1) is 0 Å². The maximum Gasteiger partial charge on any atom is 0.453 e. The first-order chi connectivity index (χ1) is 35.2. The number of esters is 2. The first-order valence-corrected chi connectivity index (χ1v) is 26.7. The van der Waals surface area contributed by atoms with Crippen molar-refractivity contribution < 1.29 is 82.0 Å². The summed E-state index contributed by atoms with van der Waals surface area (Å²) in [6.45, 7) is 4.85. The monoisotopic (exact) mass is 1080 g/mol. The van der Waals surface area contributed by atoms with E-state index in [0.717, 1.165) is 70.9 Å². The number of alkyl carbamates (subject to hydrolysis) is 1. The zero-order valence-corrected chi connectivity index (χ0v) is 43.4. The minimum absolute atomic E-state index is 0.00346. The van der Waals surface area contributed by atoms with Crippen LogP contribution in [0.2, 0.25) is 0 Å². The number of allylic oxidation sites excluding steroid dienone is 4. The molecule has 426 valence electrons. The van der Waals surface area contributed by atoms with Crippen LogP contribution in [0.3, 0.4) is 0 Å². The van der Waals surface area contributed by atoms with Gasteiger partial charge in [-0.05, 0) is 125 Å². The zero-order valence-electron chi connectivity index (χ0n) is 43.4. The Labute approximate surface area is 432 Å². The summed E-state index contributed by atoms with van der Waals surface area (Å²) >= 11 is 0. The lowest BCUT2D eigenvalue weighted by Crippen LogP contribution is -2.36. The fourth-order valence-corrected chi connectivity index (χ4v) is 7.93. The second-order valence-corrected chi connectivity index (χ2v) is 19.0. The normalized spacial score (nSPS) is 13.9. The Bertz CT molecular complexity index is 1700. The number of alkyl halides is 10. The van der Waals surface area contributed by atoms with Crippen LogP contribution in [0.5, 0.6) is 0 Å². The average molecular weight is 1080 g/mol. The van der Waals surface area contributed by atoms with Crippen LogP contribution in [0.4, 0.5) is 48.7 Å². The van der Waals surface area contributed by atoms with Crippen molar-refractivity contribution in [1.29, 1.82) is 0 Å². The minimum Gasteiger partial charge on any atom is -0.461 e. The highest BCUT2D eigenvalue weighted by molar-refractivity contribution is 5.70. The van der Waals surface area contributed by atoms with Gasteiger partial charge in [-0.25, -0.2) is 4.79 Å². The number of carbonyl (C=O) groups excluding carboxylic acids is 3. The molecule has 1 aromatic rings. The molecule has 0 radical (unpaired) electrons. The third-order valence-corrected chi connectivity index (χ3v) is 12.3. The van der Waals surface area contributed by atoms with Crippen molar-refractivity contribution in [2.45, 2.75) is 224 Å². The van der Waals surface area contributed by atoms with E-state index in [9.17, 15) is 58.3 Å². The number of carbonyl (C=O) groups is 3. The Morgan fingerprint density at radius 2 is 1.01 bits per heavy atom. The van der Waals surface area contributed by atoms with Gasteiger partial charge in [0, 0.05) is 52.0 Å². The molecule has 0 unspecified atom stereocenters. The summed E-state index contributed by atoms with van der Waals surface area (Å²) in [5.74, 6) is -10.6. The second kappa shape index (κ2) is 37.8. The summed E-state index contributed by atoms with van der Waals surface area (Å²) in [6, 6.07) is 5.10. The summed E-state index contributed by atoms with van der Waals surface area (Å²) in [5.41, 5.74) is 1.64. The van der Waals surface area contributed by atoms with Crippen LogP contribution in [-0.4, -0.2) is 92.8 Å². The molecule has 0 aromatic heterocycles. The minimum atomic E-state index is -5.64. The van der Waals surface area contributed by atoms with Crippen molar-refractivity contribution >= 4 is 18.0 Å². The number of hydrogen-bond donors (Lipinski definition) is 1. The van der Waals surface area contributed by atoms with Crippen LogP contribution in [0.1, 0.15) is 191 Å². The third kappa shape index (κ3) is 31.9. The van der Waals surface area contributed by atoms with Gasteiger partial charge in [0.1, 0.15) is 19.8 Å².